The van der Waals surface area contributed by atoms with Crippen LogP contribution in [0.5, 0.6) is 0 Å². The van der Waals surface area contributed by atoms with E-state index in [-0.39, 0.29) is 5.82 Å². The second-order valence-corrected chi connectivity index (χ2v) is 4.71. The van der Waals surface area contributed by atoms with Crippen LogP contribution in [0.1, 0.15) is 25.7 Å². The van der Waals surface area contributed by atoms with Crippen molar-refractivity contribution in [2.45, 2.75) is 26.2 Å². The maximum Gasteiger partial charge on any atom is 0.226 e. The van der Waals surface area contributed by atoms with E-state index < -0.39 is 0 Å². The van der Waals surface area contributed by atoms with E-state index in [2.05, 4.69) is 17.1 Å². The lowest BCUT2D eigenvalue weighted by molar-refractivity contribution is 0.362. The van der Waals surface area contributed by atoms with Crippen molar-refractivity contribution in [3.8, 4) is 11.4 Å². The fourth-order valence-electron chi connectivity index (χ4n) is 1.91. The second-order valence-electron chi connectivity index (χ2n) is 4.71. The third-order valence-electron chi connectivity index (χ3n) is 3.09. The first kappa shape index (κ1) is 13.7. The summed E-state index contributed by atoms with van der Waals surface area (Å²) < 4.78 is 18.7. The highest BCUT2D eigenvalue weighted by Gasteiger charge is 2.12. The van der Waals surface area contributed by atoms with Gasteiger partial charge >= 0.3 is 0 Å². The summed E-state index contributed by atoms with van der Waals surface area (Å²) in [4.78, 5) is 4.22. The fraction of sp³-hybridized carbons (Fsp3) is 0.429. The van der Waals surface area contributed by atoms with Crippen LogP contribution in [0, 0.1) is 11.7 Å². The zero-order chi connectivity index (χ0) is 13.7. The van der Waals surface area contributed by atoms with E-state index in [1.54, 1.807) is 18.2 Å². The van der Waals surface area contributed by atoms with Crippen molar-refractivity contribution in [3.63, 3.8) is 0 Å². The topological polar surface area (TPSA) is 64.9 Å². The van der Waals surface area contributed by atoms with Gasteiger partial charge in [0.2, 0.25) is 11.7 Å². The molecule has 0 aliphatic rings. The zero-order valence-electron chi connectivity index (χ0n) is 11.0. The Balaban J connectivity index is 2.02. The summed E-state index contributed by atoms with van der Waals surface area (Å²) in [6.45, 7) is 2.83. The van der Waals surface area contributed by atoms with E-state index in [1.807, 2.05) is 0 Å². The lowest BCUT2D eigenvalue weighted by Crippen LogP contribution is -2.06. The standard InChI is InChI=1S/C14H18FN3O/c1-10(8-9-16)6-7-13-17-14(18-19-13)11-4-2-3-5-12(11)15/h2-5,10H,6-9,16H2,1H3. The van der Waals surface area contributed by atoms with Crippen LogP contribution in [0.3, 0.4) is 0 Å². The summed E-state index contributed by atoms with van der Waals surface area (Å²) in [5, 5.41) is 3.82. The van der Waals surface area contributed by atoms with Crippen molar-refractivity contribution < 1.29 is 8.91 Å². The van der Waals surface area contributed by atoms with Gasteiger partial charge in [0.1, 0.15) is 5.82 Å². The van der Waals surface area contributed by atoms with Crippen LogP contribution in [0.4, 0.5) is 4.39 Å². The number of hydrogen-bond donors (Lipinski definition) is 1. The summed E-state index contributed by atoms with van der Waals surface area (Å²) in [5.74, 6) is 1.03. The summed E-state index contributed by atoms with van der Waals surface area (Å²) in [6.07, 6.45) is 2.62. The van der Waals surface area contributed by atoms with Crippen molar-refractivity contribution in [2.75, 3.05) is 6.54 Å². The van der Waals surface area contributed by atoms with Gasteiger partial charge in [0.05, 0.1) is 5.56 Å². The Hall–Kier alpha value is -1.75. The number of aromatic nitrogens is 2. The summed E-state index contributed by atoms with van der Waals surface area (Å²) in [7, 11) is 0. The monoisotopic (exact) mass is 263 g/mol. The SMILES string of the molecule is CC(CCN)CCc1nc(-c2ccccc2F)no1. The Morgan fingerprint density at radius 2 is 2.11 bits per heavy atom. The third-order valence-corrected chi connectivity index (χ3v) is 3.09. The van der Waals surface area contributed by atoms with Gasteiger partial charge in [-0.05, 0) is 37.4 Å². The molecule has 0 bridgehead atoms. The molecule has 2 rings (SSSR count). The predicted molar refractivity (Wildman–Crippen MR) is 70.8 cm³/mol. The predicted octanol–water partition coefficient (Wildman–Crippen LogP) is 2.79. The van der Waals surface area contributed by atoms with Crippen LogP contribution in [0.2, 0.25) is 0 Å². The third kappa shape index (κ3) is 3.61. The number of halogens is 1. The minimum Gasteiger partial charge on any atom is -0.339 e. The molecular formula is C14H18FN3O. The van der Waals surface area contributed by atoms with Crippen molar-refractivity contribution in [3.05, 3.63) is 36.0 Å². The van der Waals surface area contributed by atoms with Crippen LogP contribution in [0.15, 0.2) is 28.8 Å². The molecule has 102 valence electrons. The van der Waals surface area contributed by atoms with Crippen LogP contribution >= 0.6 is 0 Å². The molecule has 2 aromatic rings. The molecule has 1 atom stereocenters. The Kier molecular flexibility index (Phi) is 4.63. The number of nitrogens with two attached hydrogens (primary N) is 1. The molecule has 1 aromatic carbocycles. The first-order chi connectivity index (χ1) is 9.20. The van der Waals surface area contributed by atoms with Gasteiger partial charge in [-0.2, -0.15) is 4.98 Å². The molecular weight excluding hydrogens is 245 g/mol. The molecule has 0 amide bonds. The molecule has 5 heteroatoms. The highest BCUT2D eigenvalue weighted by molar-refractivity contribution is 5.54. The lowest BCUT2D eigenvalue weighted by Gasteiger charge is -2.06. The van der Waals surface area contributed by atoms with E-state index in [4.69, 9.17) is 10.3 Å². The van der Waals surface area contributed by atoms with Crippen LogP contribution in [0.25, 0.3) is 11.4 Å². The highest BCUT2D eigenvalue weighted by Crippen LogP contribution is 2.20. The number of benzene rings is 1. The minimum absolute atomic E-state index is 0.305. The van der Waals surface area contributed by atoms with E-state index in [9.17, 15) is 4.39 Å². The zero-order valence-corrected chi connectivity index (χ0v) is 11.0. The Bertz CT molecular complexity index is 527. The Labute approximate surface area is 111 Å². The first-order valence-corrected chi connectivity index (χ1v) is 6.48. The summed E-state index contributed by atoms with van der Waals surface area (Å²) in [6, 6.07) is 6.40. The quantitative estimate of drug-likeness (QED) is 0.870. The normalized spacial score (nSPS) is 12.6. The number of nitrogens with zero attached hydrogens (tertiary/aromatic N) is 2. The molecule has 0 aliphatic carbocycles. The van der Waals surface area contributed by atoms with Crippen molar-refractivity contribution >= 4 is 0 Å². The van der Waals surface area contributed by atoms with Gasteiger partial charge < -0.3 is 10.3 Å². The average molecular weight is 263 g/mol. The first-order valence-electron chi connectivity index (χ1n) is 6.48. The van der Waals surface area contributed by atoms with Gasteiger partial charge in [0.25, 0.3) is 0 Å². The minimum atomic E-state index is -0.341. The van der Waals surface area contributed by atoms with E-state index in [0.717, 1.165) is 12.8 Å². The van der Waals surface area contributed by atoms with Gasteiger partial charge in [-0.3, -0.25) is 0 Å². The molecule has 0 saturated carbocycles. The van der Waals surface area contributed by atoms with Gasteiger partial charge in [0, 0.05) is 6.42 Å². The van der Waals surface area contributed by atoms with Gasteiger partial charge in [-0.1, -0.05) is 24.2 Å². The van der Waals surface area contributed by atoms with E-state index in [0.29, 0.717) is 36.2 Å². The fourth-order valence-corrected chi connectivity index (χ4v) is 1.91. The molecule has 0 saturated heterocycles. The van der Waals surface area contributed by atoms with Gasteiger partial charge in [-0.25, -0.2) is 4.39 Å². The Morgan fingerprint density at radius 3 is 2.84 bits per heavy atom. The molecule has 1 heterocycles. The van der Waals surface area contributed by atoms with Gasteiger partial charge in [0.15, 0.2) is 0 Å². The molecule has 0 aliphatic heterocycles. The molecule has 19 heavy (non-hydrogen) atoms. The molecule has 1 unspecified atom stereocenters. The highest BCUT2D eigenvalue weighted by atomic mass is 19.1. The number of hydrogen-bond acceptors (Lipinski definition) is 4. The van der Waals surface area contributed by atoms with Crippen LogP contribution in [-0.2, 0) is 6.42 Å². The average Bonchev–Trinajstić information content (AvgIpc) is 2.86. The smallest absolute Gasteiger partial charge is 0.226 e. The molecule has 0 radical (unpaired) electrons. The van der Waals surface area contributed by atoms with Crippen molar-refractivity contribution in [2.24, 2.45) is 11.7 Å². The molecule has 4 nitrogen and oxygen atoms in total. The van der Waals surface area contributed by atoms with E-state index >= 15 is 0 Å². The second kappa shape index (κ2) is 6.43. The van der Waals surface area contributed by atoms with Gasteiger partial charge in [-0.15, -0.1) is 0 Å². The molecule has 1 aromatic heterocycles. The Morgan fingerprint density at radius 1 is 1.32 bits per heavy atom. The number of aryl methyl sites for hydroxylation is 1. The lowest BCUT2D eigenvalue weighted by atomic mass is 10.0. The largest absolute Gasteiger partial charge is 0.339 e. The number of rotatable bonds is 6. The molecule has 0 fully saturated rings. The summed E-state index contributed by atoms with van der Waals surface area (Å²) in [5.41, 5.74) is 5.87. The maximum atomic E-state index is 13.6. The molecule has 2 N–H and O–H groups in total. The van der Waals surface area contributed by atoms with Crippen LogP contribution < -0.4 is 5.73 Å². The molecule has 0 spiro atoms. The van der Waals surface area contributed by atoms with Crippen molar-refractivity contribution in [1.29, 1.82) is 0 Å². The van der Waals surface area contributed by atoms with Crippen LogP contribution in [-0.4, -0.2) is 16.7 Å². The van der Waals surface area contributed by atoms with Crippen molar-refractivity contribution in [1.82, 2.24) is 10.1 Å². The maximum absolute atomic E-state index is 13.6. The van der Waals surface area contributed by atoms with E-state index in [1.165, 1.54) is 6.07 Å². The summed E-state index contributed by atoms with van der Waals surface area (Å²) >= 11 is 0.